The predicted molar refractivity (Wildman–Crippen MR) is 89.4 cm³/mol. The molecule has 0 aliphatic rings. The standard InChI is InChI=1S/C14H13BrN2O5S/c1-16(11-5-3-10(15)4-6-11)23(20,21)14-9-12(17(18)19)7-8-13(14)22-2/h3-9H,1-2H3. The number of nitro groups is 1. The lowest BCUT2D eigenvalue weighted by atomic mass is 10.3. The Hall–Kier alpha value is -2.13. The Balaban J connectivity index is 2.56. The van der Waals surface area contributed by atoms with Gasteiger partial charge in [-0.05, 0) is 30.3 Å². The maximum atomic E-state index is 12.8. The number of nitro benzene ring substituents is 1. The molecule has 0 unspecified atom stereocenters. The molecule has 2 aromatic carbocycles. The van der Waals surface area contributed by atoms with E-state index in [0.29, 0.717) is 5.69 Å². The van der Waals surface area contributed by atoms with E-state index in [1.54, 1.807) is 24.3 Å². The van der Waals surface area contributed by atoms with Crippen LogP contribution in [0, 0.1) is 10.1 Å². The van der Waals surface area contributed by atoms with E-state index in [2.05, 4.69) is 15.9 Å². The predicted octanol–water partition coefficient (Wildman–Crippen LogP) is 3.19. The summed E-state index contributed by atoms with van der Waals surface area (Å²) in [5, 5.41) is 10.9. The number of nitrogens with zero attached hydrogens (tertiary/aromatic N) is 2. The van der Waals surface area contributed by atoms with Gasteiger partial charge in [0.05, 0.1) is 17.7 Å². The van der Waals surface area contributed by atoms with Crippen molar-refractivity contribution in [2.24, 2.45) is 0 Å². The van der Waals surface area contributed by atoms with Gasteiger partial charge < -0.3 is 4.74 Å². The molecule has 0 amide bonds. The molecule has 23 heavy (non-hydrogen) atoms. The zero-order chi connectivity index (χ0) is 17.2. The van der Waals surface area contributed by atoms with Gasteiger partial charge in [-0.1, -0.05) is 15.9 Å². The van der Waals surface area contributed by atoms with E-state index in [9.17, 15) is 18.5 Å². The van der Waals surface area contributed by atoms with Crippen molar-refractivity contribution < 1.29 is 18.1 Å². The number of hydrogen-bond donors (Lipinski definition) is 0. The highest BCUT2D eigenvalue weighted by Crippen LogP contribution is 2.32. The lowest BCUT2D eigenvalue weighted by Crippen LogP contribution is -2.27. The highest BCUT2D eigenvalue weighted by molar-refractivity contribution is 9.10. The lowest BCUT2D eigenvalue weighted by Gasteiger charge is -2.20. The summed E-state index contributed by atoms with van der Waals surface area (Å²) in [6.45, 7) is 0. The Morgan fingerprint density at radius 3 is 2.30 bits per heavy atom. The molecule has 0 N–H and O–H groups in total. The molecule has 0 saturated carbocycles. The van der Waals surface area contributed by atoms with Gasteiger partial charge in [0.2, 0.25) is 0 Å². The fourth-order valence-corrected chi connectivity index (χ4v) is 3.55. The molecule has 0 saturated heterocycles. The van der Waals surface area contributed by atoms with E-state index in [-0.39, 0.29) is 16.3 Å². The van der Waals surface area contributed by atoms with Crippen LogP contribution in [0.4, 0.5) is 11.4 Å². The van der Waals surface area contributed by atoms with Gasteiger partial charge in [0.25, 0.3) is 15.7 Å². The molecule has 2 rings (SSSR count). The molecule has 7 nitrogen and oxygen atoms in total. The first-order chi connectivity index (χ1) is 10.8. The van der Waals surface area contributed by atoms with Crippen LogP contribution in [0.15, 0.2) is 51.8 Å². The van der Waals surface area contributed by atoms with E-state index in [0.717, 1.165) is 14.8 Å². The van der Waals surface area contributed by atoms with Crippen molar-refractivity contribution in [1.82, 2.24) is 0 Å². The Morgan fingerprint density at radius 1 is 1.17 bits per heavy atom. The summed E-state index contributed by atoms with van der Waals surface area (Å²) in [6, 6.07) is 10.1. The molecule has 0 bridgehead atoms. The highest BCUT2D eigenvalue weighted by atomic mass is 79.9. The summed E-state index contributed by atoms with van der Waals surface area (Å²) in [5.41, 5.74) is 0.0929. The Kier molecular flexibility index (Phi) is 4.90. The monoisotopic (exact) mass is 400 g/mol. The van der Waals surface area contributed by atoms with Crippen LogP contribution in [0.5, 0.6) is 5.75 Å². The molecule has 2 aromatic rings. The number of halogens is 1. The summed E-state index contributed by atoms with van der Waals surface area (Å²) >= 11 is 3.28. The first kappa shape index (κ1) is 17.2. The van der Waals surface area contributed by atoms with Crippen molar-refractivity contribution in [1.29, 1.82) is 0 Å². The van der Waals surface area contributed by atoms with Crippen LogP contribution >= 0.6 is 15.9 Å². The van der Waals surface area contributed by atoms with E-state index in [1.807, 2.05) is 0 Å². The molecular formula is C14H13BrN2O5S. The fraction of sp³-hybridized carbons (Fsp3) is 0.143. The quantitative estimate of drug-likeness (QED) is 0.567. The molecule has 9 heteroatoms. The number of sulfonamides is 1. The van der Waals surface area contributed by atoms with Crippen LogP contribution in [0.1, 0.15) is 0 Å². The van der Waals surface area contributed by atoms with Crippen molar-refractivity contribution in [3.63, 3.8) is 0 Å². The Morgan fingerprint density at radius 2 is 1.78 bits per heavy atom. The normalized spacial score (nSPS) is 11.1. The second-order valence-corrected chi connectivity index (χ2v) is 7.39. The third-order valence-electron chi connectivity index (χ3n) is 3.19. The van der Waals surface area contributed by atoms with Gasteiger partial charge >= 0.3 is 0 Å². The van der Waals surface area contributed by atoms with E-state index in [1.165, 1.54) is 26.3 Å². The average Bonchev–Trinajstić information content (AvgIpc) is 2.54. The van der Waals surface area contributed by atoms with Crippen molar-refractivity contribution in [2.45, 2.75) is 4.90 Å². The minimum atomic E-state index is -4.02. The summed E-state index contributed by atoms with van der Waals surface area (Å²) < 4.78 is 32.5. The van der Waals surface area contributed by atoms with Crippen LogP contribution < -0.4 is 9.04 Å². The summed E-state index contributed by atoms with van der Waals surface area (Å²) in [4.78, 5) is 9.99. The van der Waals surface area contributed by atoms with Crippen molar-refractivity contribution >= 4 is 37.3 Å². The Bertz CT molecular complexity index is 837. The topological polar surface area (TPSA) is 89.7 Å². The summed E-state index contributed by atoms with van der Waals surface area (Å²) in [6.07, 6.45) is 0. The van der Waals surface area contributed by atoms with Gasteiger partial charge in [-0.3, -0.25) is 14.4 Å². The van der Waals surface area contributed by atoms with Crippen molar-refractivity contribution in [2.75, 3.05) is 18.5 Å². The summed E-state index contributed by atoms with van der Waals surface area (Å²) in [7, 11) is -1.34. The van der Waals surface area contributed by atoms with Gasteiger partial charge in [0.15, 0.2) is 0 Å². The third kappa shape index (κ3) is 3.45. The van der Waals surface area contributed by atoms with E-state index >= 15 is 0 Å². The number of hydrogen-bond acceptors (Lipinski definition) is 5. The van der Waals surface area contributed by atoms with Crippen LogP contribution in [-0.2, 0) is 10.0 Å². The summed E-state index contributed by atoms with van der Waals surface area (Å²) in [5.74, 6) is 0.0413. The van der Waals surface area contributed by atoms with Crippen molar-refractivity contribution in [3.8, 4) is 5.75 Å². The minimum Gasteiger partial charge on any atom is -0.495 e. The van der Waals surface area contributed by atoms with Gasteiger partial charge in [-0.2, -0.15) is 0 Å². The number of anilines is 1. The molecule has 0 heterocycles. The molecule has 0 aliphatic heterocycles. The maximum Gasteiger partial charge on any atom is 0.271 e. The number of methoxy groups -OCH3 is 1. The number of rotatable bonds is 5. The largest absolute Gasteiger partial charge is 0.495 e. The van der Waals surface area contributed by atoms with Gasteiger partial charge in [-0.15, -0.1) is 0 Å². The number of non-ortho nitro benzene ring substituents is 1. The molecule has 0 spiro atoms. The maximum absolute atomic E-state index is 12.8. The molecule has 0 aromatic heterocycles. The van der Waals surface area contributed by atoms with E-state index < -0.39 is 14.9 Å². The van der Waals surface area contributed by atoms with Crippen LogP contribution in [-0.4, -0.2) is 27.5 Å². The molecule has 122 valence electrons. The number of benzene rings is 2. The van der Waals surface area contributed by atoms with Crippen LogP contribution in [0.2, 0.25) is 0 Å². The second kappa shape index (κ2) is 6.55. The first-order valence-electron chi connectivity index (χ1n) is 6.34. The van der Waals surface area contributed by atoms with Crippen molar-refractivity contribution in [3.05, 3.63) is 57.1 Å². The van der Waals surface area contributed by atoms with Crippen LogP contribution in [0.3, 0.4) is 0 Å². The molecule has 0 atom stereocenters. The Labute approximate surface area is 141 Å². The molecule has 0 fully saturated rings. The van der Waals surface area contributed by atoms with E-state index in [4.69, 9.17) is 4.74 Å². The fourth-order valence-electron chi connectivity index (χ4n) is 1.92. The minimum absolute atomic E-state index is 0.0413. The average molecular weight is 401 g/mol. The zero-order valence-corrected chi connectivity index (χ0v) is 14.7. The molecule has 0 radical (unpaired) electrons. The SMILES string of the molecule is COc1ccc([N+](=O)[O-])cc1S(=O)(=O)N(C)c1ccc(Br)cc1. The van der Waals surface area contributed by atoms with Crippen LogP contribution in [0.25, 0.3) is 0 Å². The second-order valence-electron chi connectivity index (χ2n) is 4.54. The molecule has 0 aliphatic carbocycles. The van der Waals surface area contributed by atoms with Gasteiger partial charge in [-0.25, -0.2) is 8.42 Å². The number of ether oxygens (including phenoxy) is 1. The molecular weight excluding hydrogens is 388 g/mol. The van der Waals surface area contributed by atoms with Gasteiger partial charge in [0, 0.05) is 23.7 Å². The lowest BCUT2D eigenvalue weighted by molar-refractivity contribution is -0.385. The first-order valence-corrected chi connectivity index (χ1v) is 8.57. The zero-order valence-electron chi connectivity index (χ0n) is 12.3. The smallest absolute Gasteiger partial charge is 0.271 e. The van der Waals surface area contributed by atoms with Gasteiger partial charge in [0.1, 0.15) is 10.6 Å². The third-order valence-corrected chi connectivity index (χ3v) is 5.52. The highest BCUT2D eigenvalue weighted by Gasteiger charge is 2.27.